The fraction of sp³-hybridized carbons (Fsp3) is 0.167. The summed E-state index contributed by atoms with van der Waals surface area (Å²) < 4.78 is 18.2. The number of hydrogen-bond acceptors (Lipinski definition) is 7. The van der Waals surface area contributed by atoms with Crippen molar-refractivity contribution < 1.29 is 18.4 Å². The van der Waals surface area contributed by atoms with Gasteiger partial charge >= 0.3 is 5.97 Å². The van der Waals surface area contributed by atoms with Crippen molar-refractivity contribution in [2.24, 2.45) is 0 Å². The van der Waals surface area contributed by atoms with Crippen LogP contribution in [0.5, 0.6) is 0 Å². The molecule has 0 radical (unpaired) electrons. The van der Waals surface area contributed by atoms with E-state index in [4.69, 9.17) is 13.6 Å². The molecule has 0 saturated heterocycles. The minimum Gasteiger partial charge on any atom is -0.453 e. The van der Waals surface area contributed by atoms with E-state index in [1.54, 1.807) is 29.9 Å². The zero-order valence-electron chi connectivity index (χ0n) is 13.9. The number of ether oxygens (including phenoxy) is 1. The molecule has 8 heteroatoms. The van der Waals surface area contributed by atoms with Gasteiger partial charge in [-0.2, -0.15) is 5.10 Å². The highest BCUT2D eigenvalue weighted by Crippen LogP contribution is 2.26. The summed E-state index contributed by atoms with van der Waals surface area (Å²) >= 11 is 1.54. The van der Waals surface area contributed by atoms with E-state index < -0.39 is 5.97 Å². The van der Waals surface area contributed by atoms with Crippen molar-refractivity contribution in [1.29, 1.82) is 0 Å². The van der Waals surface area contributed by atoms with Crippen LogP contribution in [0.2, 0.25) is 0 Å². The number of rotatable bonds is 6. The highest BCUT2D eigenvalue weighted by molar-refractivity contribution is 7.13. The highest BCUT2D eigenvalue weighted by atomic mass is 32.1. The van der Waals surface area contributed by atoms with Gasteiger partial charge in [0.15, 0.2) is 0 Å². The van der Waals surface area contributed by atoms with E-state index in [0.717, 1.165) is 4.88 Å². The number of aromatic nitrogens is 3. The summed E-state index contributed by atoms with van der Waals surface area (Å²) in [5.41, 5.74) is 0.588. The van der Waals surface area contributed by atoms with Gasteiger partial charge in [0, 0.05) is 12.4 Å². The van der Waals surface area contributed by atoms with Crippen LogP contribution >= 0.6 is 11.3 Å². The summed E-state index contributed by atoms with van der Waals surface area (Å²) in [5, 5.41) is 6.05. The Morgan fingerprint density at radius 1 is 1.27 bits per heavy atom. The summed E-state index contributed by atoms with van der Waals surface area (Å²) in [4.78, 5) is 17.5. The largest absolute Gasteiger partial charge is 0.453 e. The third kappa shape index (κ3) is 3.45. The molecule has 4 rings (SSSR count). The summed E-state index contributed by atoms with van der Waals surface area (Å²) in [6.07, 6.45) is 3.50. The van der Waals surface area contributed by atoms with Crippen LogP contribution in [0.1, 0.15) is 27.8 Å². The normalized spacial score (nSPS) is 11.0. The minimum atomic E-state index is -0.545. The molecule has 0 atom stereocenters. The van der Waals surface area contributed by atoms with E-state index in [1.807, 2.05) is 29.8 Å². The zero-order valence-corrected chi connectivity index (χ0v) is 14.7. The lowest BCUT2D eigenvalue weighted by Crippen LogP contribution is -2.05. The Morgan fingerprint density at radius 3 is 2.96 bits per heavy atom. The monoisotopic (exact) mass is 369 g/mol. The van der Waals surface area contributed by atoms with Crippen molar-refractivity contribution in [3.05, 3.63) is 71.1 Å². The first-order valence-electron chi connectivity index (χ1n) is 7.92. The maximum absolute atomic E-state index is 12.2. The van der Waals surface area contributed by atoms with Crippen LogP contribution in [0.25, 0.3) is 10.8 Å². The second-order valence-electron chi connectivity index (χ2n) is 5.54. The van der Waals surface area contributed by atoms with Crippen molar-refractivity contribution in [2.45, 2.75) is 20.1 Å². The van der Waals surface area contributed by atoms with Crippen LogP contribution in [-0.2, 0) is 17.9 Å². The van der Waals surface area contributed by atoms with Gasteiger partial charge in [-0.3, -0.25) is 4.68 Å². The van der Waals surface area contributed by atoms with Gasteiger partial charge in [0.05, 0.1) is 11.4 Å². The van der Waals surface area contributed by atoms with Gasteiger partial charge in [0.25, 0.3) is 0 Å². The van der Waals surface area contributed by atoms with E-state index in [0.29, 0.717) is 29.6 Å². The molecule has 0 aliphatic rings. The van der Waals surface area contributed by atoms with Gasteiger partial charge in [0.1, 0.15) is 23.8 Å². The summed E-state index contributed by atoms with van der Waals surface area (Å²) in [6, 6.07) is 9.00. The molecule has 0 aromatic carbocycles. The van der Waals surface area contributed by atoms with Crippen LogP contribution in [0.4, 0.5) is 0 Å². The third-order valence-electron chi connectivity index (χ3n) is 3.70. The first-order chi connectivity index (χ1) is 12.7. The lowest BCUT2D eigenvalue weighted by molar-refractivity contribution is 0.0428. The Bertz CT molecular complexity index is 1000. The molecule has 0 aliphatic carbocycles. The lowest BCUT2D eigenvalue weighted by atomic mass is 10.4. The van der Waals surface area contributed by atoms with Gasteiger partial charge < -0.3 is 13.6 Å². The molecule has 0 saturated carbocycles. The topological polar surface area (TPSA) is 83.3 Å². The highest BCUT2D eigenvalue weighted by Gasteiger charge is 2.17. The Labute approximate surface area is 152 Å². The lowest BCUT2D eigenvalue weighted by Gasteiger charge is -2.01. The van der Waals surface area contributed by atoms with Gasteiger partial charge in [-0.05, 0) is 36.6 Å². The third-order valence-corrected chi connectivity index (χ3v) is 4.56. The molecule has 4 aromatic rings. The van der Waals surface area contributed by atoms with E-state index >= 15 is 0 Å². The number of nitrogens with zero attached hydrogens (tertiary/aromatic N) is 3. The van der Waals surface area contributed by atoms with Gasteiger partial charge in [0.2, 0.25) is 11.7 Å². The molecule has 0 fully saturated rings. The van der Waals surface area contributed by atoms with Gasteiger partial charge in [-0.1, -0.05) is 6.07 Å². The Kier molecular flexibility index (Phi) is 4.40. The van der Waals surface area contributed by atoms with Crippen LogP contribution in [0.15, 0.2) is 56.9 Å². The average Bonchev–Trinajstić information content (AvgIpc) is 3.41. The Balaban J connectivity index is 1.39. The van der Waals surface area contributed by atoms with Gasteiger partial charge in [-0.15, -0.1) is 11.3 Å². The van der Waals surface area contributed by atoms with Crippen LogP contribution in [0, 0.1) is 6.92 Å². The Hall–Kier alpha value is -3.13. The molecule has 0 spiro atoms. The minimum absolute atomic E-state index is 0.0226. The fourth-order valence-electron chi connectivity index (χ4n) is 2.40. The number of carbonyl (C=O) groups excluding carboxylic acids is 1. The predicted octanol–water partition coefficient (Wildman–Crippen LogP) is 3.91. The maximum atomic E-state index is 12.2. The van der Waals surface area contributed by atoms with Crippen molar-refractivity contribution >= 4 is 17.3 Å². The van der Waals surface area contributed by atoms with Crippen molar-refractivity contribution in [1.82, 2.24) is 14.8 Å². The SMILES string of the molecule is Cc1oc(-c2cccs2)nc1COC(=O)c1ccc(Cn2cccn2)o1. The fourth-order valence-corrected chi connectivity index (χ4v) is 3.05. The molecule has 0 unspecified atom stereocenters. The second kappa shape index (κ2) is 7.01. The quantitative estimate of drug-likeness (QED) is 0.479. The van der Waals surface area contributed by atoms with Crippen LogP contribution in [0.3, 0.4) is 0 Å². The molecule has 0 N–H and O–H groups in total. The molecule has 7 nitrogen and oxygen atoms in total. The molecule has 4 aromatic heterocycles. The summed E-state index contributed by atoms with van der Waals surface area (Å²) in [7, 11) is 0. The first-order valence-corrected chi connectivity index (χ1v) is 8.80. The predicted molar refractivity (Wildman–Crippen MR) is 93.7 cm³/mol. The molecule has 26 heavy (non-hydrogen) atoms. The zero-order chi connectivity index (χ0) is 17.9. The number of thiophene rings is 1. The maximum Gasteiger partial charge on any atom is 0.374 e. The van der Waals surface area contributed by atoms with Crippen molar-refractivity contribution in [2.75, 3.05) is 0 Å². The molecule has 132 valence electrons. The first kappa shape index (κ1) is 16.3. The van der Waals surface area contributed by atoms with Crippen LogP contribution in [-0.4, -0.2) is 20.7 Å². The van der Waals surface area contributed by atoms with Crippen molar-refractivity contribution in [3.63, 3.8) is 0 Å². The van der Waals surface area contributed by atoms with E-state index in [9.17, 15) is 4.79 Å². The number of aryl methyl sites for hydroxylation is 1. The van der Waals surface area contributed by atoms with Gasteiger partial charge in [-0.25, -0.2) is 9.78 Å². The van der Waals surface area contributed by atoms with E-state index in [-0.39, 0.29) is 12.4 Å². The number of carbonyl (C=O) groups is 1. The van der Waals surface area contributed by atoms with Crippen molar-refractivity contribution in [3.8, 4) is 10.8 Å². The number of hydrogen-bond donors (Lipinski definition) is 0. The van der Waals surface area contributed by atoms with E-state index in [1.165, 1.54) is 11.3 Å². The molecule has 0 amide bonds. The molecule has 4 heterocycles. The molecule has 0 aliphatic heterocycles. The average molecular weight is 369 g/mol. The Morgan fingerprint density at radius 2 is 2.19 bits per heavy atom. The number of oxazole rings is 1. The van der Waals surface area contributed by atoms with E-state index in [2.05, 4.69) is 10.1 Å². The second-order valence-corrected chi connectivity index (χ2v) is 6.49. The summed E-state index contributed by atoms with van der Waals surface area (Å²) in [5.74, 6) is 1.38. The van der Waals surface area contributed by atoms with Crippen LogP contribution < -0.4 is 0 Å². The standard InChI is InChI=1S/C18H15N3O4S/c1-12-14(20-17(24-12)16-4-2-9-26-16)11-23-18(22)15-6-5-13(25-15)10-21-8-3-7-19-21/h2-9H,10-11H2,1H3. The smallest absolute Gasteiger partial charge is 0.374 e. The molecule has 0 bridgehead atoms. The number of furan rings is 1. The summed E-state index contributed by atoms with van der Waals surface area (Å²) in [6.45, 7) is 2.27. The molecular formula is C18H15N3O4S. The number of esters is 1. The molecular weight excluding hydrogens is 354 g/mol.